The highest BCUT2D eigenvalue weighted by Gasteiger charge is 2.23. The van der Waals surface area contributed by atoms with E-state index in [2.05, 4.69) is 34.5 Å². The molecule has 1 aliphatic rings. The molecule has 1 N–H and O–H groups in total. The zero-order valence-corrected chi connectivity index (χ0v) is 14.4. The highest BCUT2D eigenvalue weighted by molar-refractivity contribution is 5.94. The summed E-state index contributed by atoms with van der Waals surface area (Å²) in [6.07, 6.45) is 4.31. The molecular weight excluding hydrogens is 312 g/mol. The number of benzene rings is 2. The van der Waals surface area contributed by atoms with E-state index in [-0.39, 0.29) is 5.91 Å². The summed E-state index contributed by atoms with van der Waals surface area (Å²) in [6, 6.07) is 17.6. The molecule has 1 fully saturated rings. The van der Waals surface area contributed by atoms with Crippen molar-refractivity contribution in [3.05, 3.63) is 71.3 Å². The van der Waals surface area contributed by atoms with Crippen molar-refractivity contribution in [3.8, 4) is 0 Å². The van der Waals surface area contributed by atoms with E-state index in [1.807, 2.05) is 6.07 Å². The predicted octanol–water partition coefficient (Wildman–Crippen LogP) is 3.28. The Balaban J connectivity index is 1.57. The van der Waals surface area contributed by atoms with E-state index in [4.69, 9.17) is 0 Å². The van der Waals surface area contributed by atoms with E-state index in [0.717, 1.165) is 25.8 Å². The molecule has 0 saturated carbocycles. The van der Waals surface area contributed by atoms with Crippen LogP contribution < -0.4 is 5.32 Å². The fourth-order valence-electron chi connectivity index (χ4n) is 3.34. The Bertz CT molecular complexity index is 698. The Hall–Kier alpha value is -2.46. The largest absolute Gasteiger partial charge is 0.350 e. The first-order valence-corrected chi connectivity index (χ1v) is 8.87. The van der Waals surface area contributed by atoms with Gasteiger partial charge < -0.3 is 5.32 Å². The molecule has 0 spiro atoms. The summed E-state index contributed by atoms with van der Waals surface area (Å²) in [5.74, 6) is -0.0808. The zero-order valence-electron chi connectivity index (χ0n) is 14.4. The van der Waals surface area contributed by atoms with Gasteiger partial charge in [-0.1, -0.05) is 48.9 Å². The molecule has 4 nitrogen and oxygen atoms in total. The first-order chi connectivity index (χ1) is 12.3. The molecule has 1 unspecified atom stereocenters. The standard InChI is InChI=1S/C21H24N2O2/c24-16-18-9-11-19(12-10-18)21(25)22-14-20-8-4-5-13-23(20)15-17-6-2-1-3-7-17/h1-3,6-7,9-12,16,20H,4-5,8,13-15H2,(H,22,25). The highest BCUT2D eigenvalue weighted by Crippen LogP contribution is 2.19. The van der Waals surface area contributed by atoms with Gasteiger partial charge in [-0.2, -0.15) is 0 Å². The average molecular weight is 336 g/mol. The lowest BCUT2D eigenvalue weighted by Gasteiger charge is -2.35. The van der Waals surface area contributed by atoms with Gasteiger partial charge in [0.2, 0.25) is 0 Å². The van der Waals surface area contributed by atoms with Gasteiger partial charge in [-0.25, -0.2) is 0 Å². The fraction of sp³-hybridized carbons (Fsp3) is 0.333. The molecule has 25 heavy (non-hydrogen) atoms. The lowest BCUT2D eigenvalue weighted by atomic mass is 10.0. The van der Waals surface area contributed by atoms with Crippen molar-refractivity contribution in [2.75, 3.05) is 13.1 Å². The van der Waals surface area contributed by atoms with Crippen molar-refractivity contribution in [1.82, 2.24) is 10.2 Å². The van der Waals surface area contributed by atoms with Gasteiger partial charge in [0, 0.05) is 30.3 Å². The molecule has 1 atom stereocenters. The molecule has 0 aliphatic carbocycles. The van der Waals surface area contributed by atoms with Crippen molar-refractivity contribution in [1.29, 1.82) is 0 Å². The van der Waals surface area contributed by atoms with Crippen molar-refractivity contribution in [3.63, 3.8) is 0 Å². The molecule has 4 heteroatoms. The van der Waals surface area contributed by atoms with Gasteiger partial charge >= 0.3 is 0 Å². The van der Waals surface area contributed by atoms with Gasteiger partial charge in [-0.15, -0.1) is 0 Å². The van der Waals surface area contributed by atoms with Gasteiger partial charge in [-0.05, 0) is 37.1 Å². The number of rotatable bonds is 6. The van der Waals surface area contributed by atoms with Crippen molar-refractivity contribution >= 4 is 12.2 Å². The number of carbonyl (C=O) groups excluding carboxylic acids is 2. The van der Waals surface area contributed by atoms with Gasteiger partial charge in [-0.3, -0.25) is 14.5 Å². The number of piperidine rings is 1. The molecule has 3 rings (SSSR count). The number of hydrogen-bond acceptors (Lipinski definition) is 3. The Kier molecular flexibility index (Phi) is 5.96. The van der Waals surface area contributed by atoms with E-state index in [1.54, 1.807) is 24.3 Å². The summed E-state index contributed by atoms with van der Waals surface area (Å²) in [4.78, 5) is 25.5. The maximum atomic E-state index is 12.3. The molecule has 2 aromatic carbocycles. The lowest BCUT2D eigenvalue weighted by Crippen LogP contribution is -2.46. The van der Waals surface area contributed by atoms with E-state index < -0.39 is 0 Å². The van der Waals surface area contributed by atoms with Gasteiger partial charge in [0.15, 0.2) is 0 Å². The molecular formula is C21H24N2O2. The smallest absolute Gasteiger partial charge is 0.251 e. The van der Waals surface area contributed by atoms with Crippen LogP contribution in [0.15, 0.2) is 54.6 Å². The summed E-state index contributed by atoms with van der Waals surface area (Å²) in [7, 11) is 0. The Labute approximate surface area is 148 Å². The normalized spacial score (nSPS) is 17.8. The third-order valence-electron chi connectivity index (χ3n) is 4.78. The topological polar surface area (TPSA) is 49.4 Å². The molecule has 0 bridgehead atoms. The maximum Gasteiger partial charge on any atom is 0.251 e. The number of carbonyl (C=O) groups is 2. The Morgan fingerprint density at radius 3 is 2.56 bits per heavy atom. The fourth-order valence-corrected chi connectivity index (χ4v) is 3.34. The van der Waals surface area contributed by atoms with Crippen LogP contribution in [0.25, 0.3) is 0 Å². The molecule has 1 heterocycles. The SMILES string of the molecule is O=Cc1ccc(C(=O)NCC2CCCCN2Cc2ccccc2)cc1. The molecule has 2 aromatic rings. The van der Waals surface area contributed by atoms with Gasteiger partial charge in [0.05, 0.1) is 0 Å². The number of nitrogens with zero attached hydrogens (tertiary/aromatic N) is 1. The van der Waals surface area contributed by atoms with E-state index in [1.165, 1.54) is 18.4 Å². The molecule has 1 aliphatic heterocycles. The third kappa shape index (κ3) is 4.77. The second-order valence-electron chi connectivity index (χ2n) is 6.56. The number of likely N-dealkylation sites (tertiary alicyclic amines) is 1. The van der Waals surface area contributed by atoms with Crippen LogP contribution in [0.4, 0.5) is 0 Å². The number of nitrogens with one attached hydrogen (secondary N) is 1. The third-order valence-corrected chi connectivity index (χ3v) is 4.78. The van der Waals surface area contributed by atoms with Crippen LogP contribution >= 0.6 is 0 Å². The second kappa shape index (κ2) is 8.58. The summed E-state index contributed by atoms with van der Waals surface area (Å²) in [5.41, 5.74) is 2.49. The van der Waals surface area contributed by atoms with Crippen LogP contribution in [-0.2, 0) is 6.54 Å². The Morgan fingerprint density at radius 2 is 1.84 bits per heavy atom. The van der Waals surface area contributed by atoms with Crippen LogP contribution in [0.5, 0.6) is 0 Å². The average Bonchev–Trinajstić information content (AvgIpc) is 2.68. The second-order valence-corrected chi connectivity index (χ2v) is 6.56. The maximum absolute atomic E-state index is 12.3. The number of aldehydes is 1. The minimum atomic E-state index is -0.0808. The molecule has 0 aromatic heterocycles. The Morgan fingerprint density at radius 1 is 1.08 bits per heavy atom. The van der Waals surface area contributed by atoms with Crippen molar-refractivity contribution in [2.24, 2.45) is 0 Å². The summed E-state index contributed by atoms with van der Waals surface area (Å²) < 4.78 is 0. The van der Waals surface area contributed by atoms with E-state index in [0.29, 0.717) is 23.7 Å². The van der Waals surface area contributed by atoms with E-state index in [9.17, 15) is 9.59 Å². The van der Waals surface area contributed by atoms with Crippen molar-refractivity contribution < 1.29 is 9.59 Å². The van der Waals surface area contributed by atoms with Crippen LogP contribution in [0, 0.1) is 0 Å². The van der Waals surface area contributed by atoms with Crippen LogP contribution in [0.3, 0.4) is 0 Å². The van der Waals surface area contributed by atoms with Gasteiger partial charge in [0.25, 0.3) is 5.91 Å². The van der Waals surface area contributed by atoms with Crippen LogP contribution in [0.1, 0.15) is 45.5 Å². The summed E-state index contributed by atoms with van der Waals surface area (Å²) in [6.45, 7) is 2.65. The minimum Gasteiger partial charge on any atom is -0.350 e. The van der Waals surface area contributed by atoms with E-state index >= 15 is 0 Å². The summed E-state index contributed by atoms with van der Waals surface area (Å²) in [5, 5.41) is 3.05. The predicted molar refractivity (Wildman–Crippen MR) is 98.7 cm³/mol. The molecule has 130 valence electrons. The first-order valence-electron chi connectivity index (χ1n) is 8.87. The van der Waals surface area contributed by atoms with Crippen LogP contribution in [-0.4, -0.2) is 36.2 Å². The number of hydrogen-bond donors (Lipinski definition) is 1. The lowest BCUT2D eigenvalue weighted by molar-refractivity contribution is 0.0907. The van der Waals surface area contributed by atoms with Crippen molar-refractivity contribution in [2.45, 2.75) is 31.8 Å². The van der Waals surface area contributed by atoms with Gasteiger partial charge in [0.1, 0.15) is 6.29 Å². The molecule has 1 amide bonds. The van der Waals surface area contributed by atoms with Crippen LogP contribution in [0.2, 0.25) is 0 Å². The molecule has 0 radical (unpaired) electrons. The molecule has 1 saturated heterocycles. The monoisotopic (exact) mass is 336 g/mol. The first kappa shape index (κ1) is 17.4. The number of amides is 1. The minimum absolute atomic E-state index is 0.0808. The highest BCUT2D eigenvalue weighted by atomic mass is 16.1. The summed E-state index contributed by atoms with van der Waals surface area (Å²) >= 11 is 0. The zero-order chi connectivity index (χ0) is 17.5. The quantitative estimate of drug-likeness (QED) is 0.824.